The molecule has 7 heteroatoms. The summed E-state index contributed by atoms with van der Waals surface area (Å²) in [6, 6.07) is -0.111. The largest absolute Gasteiger partial charge is 0.380 e. The molecule has 2 heterocycles. The van der Waals surface area contributed by atoms with E-state index in [2.05, 4.69) is 10.0 Å². The van der Waals surface area contributed by atoms with Gasteiger partial charge in [-0.2, -0.15) is 0 Å². The predicted molar refractivity (Wildman–Crippen MR) is 76.0 cm³/mol. The van der Waals surface area contributed by atoms with Crippen molar-refractivity contribution in [3.05, 3.63) is 15.8 Å². The second-order valence-corrected chi connectivity index (χ2v) is 7.35. The number of sulfonamides is 1. The Morgan fingerprint density at radius 3 is 2.95 bits per heavy atom. The fraction of sp³-hybridized carbons (Fsp3) is 0.667. The molecule has 1 atom stereocenters. The molecule has 0 saturated carbocycles. The molecule has 2 rings (SSSR count). The van der Waals surface area contributed by atoms with Gasteiger partial charge in [-0.05, 0) is 37.8 Å². The van der Waals surface area contributed by atoms with Gasteiger partial charge in [0, 0.05) is 24.1 Å². The Kier molecular flexibility index (Phi) is 4.97. The summed E-state index contributed by atoms with van der Waals surface area (Å²) in [4.78, 5) is 1.28. The second kappa shape index (κ2) is 6.32. The first-order valence-electron chi connectivity index (χ1n) is 6.36. The maximum atomic E-state index is 12.5. The Labute approximate surface area is 118 Å². The molecule has 0 spiro atoms. The first-order valence-corrected chi connectivity index (χ1v) is 8.72. The molecule has 0 aliphatic carbocycles. The topological polar surface area (TPSA) is 67.4 Å². The van der Waals surface area contributed by atoms with E-state index in [9.17, 15) is 8.42 Å². The summed E-state index contributed by atoms with van der Waals surface area (Å²) in [6.45, 7) is 3.59. The zero-order valence-electron chi connectivity index (χ0n) is 11.2. The Hall–Kier alpha value is -0.470. The Balaban J connectivity index is 2.20. The Morgan fingerprint density at radius 1 is 1.53 bits per heavy atom. The van der Waals surface area contributed by atoms with Crippen molar-refractivity contribution in [2.45, 2.75) is 37.2 Å². The summed E-state index contributed by atoms with van der Waals surface area (Å²) in [7, 11) is -1.65. The highest BCUT2D eigenvalue weighted by atomic mass is 32.2. The SMILES string of the molecule is CNCc1scc(C)c1S(=O)(=O)NC1CCCOC1. The summed E-state index contributed by atoms with van der Waals surface area (Å²) in [6.07, 6.45) is 1.74. The summed E-state index contributed by atoms with van der Waals surface area (Å²) in [5.74, 6) is 0. The van der Waals surface area contributed by atoms with Crippen molar-refractivity contribution in [1.29, 1.82) is 0 Å². The van der Waals surface area contributed by atoms with Gasteiger partial charge in [0.1, 0.15) is 4.90 Å². The van der Waals surface area contributed by atoms with E-state index in [0.717, 1.165) is 29.9 Å². The predicted octanol–water partition coefficient (Wildman–Crippen LogP) is 1.23. The molecule has 1 aliphatic rings. The van der Waals surface area contributed by atoms with Crippen molar-refractivity contribution in [2.75, 3.05) is 20.3 Å². The average molecular weight is 304 g/mol. The third-order valence-electron chi connectivity index (χ3n) is 3.08. The fourth-order valence-electron chi connectivity index (χ4n) is 2.24. The summed E-state index contributed by atoms with van der Waals surface area (Å²) in [5.41, 5.74) is 0.805. The number of hydrogen-bond donors (Lipinski definition) is 2. The van der Waals surface area contributed by atoms with Gasteiger partial charge in [-0.1, -0.05) is 0 Å². The molecule has 0 radical (unpaired) electrons. The minimum Gasteiger partial charge on any atom is -0.380 e. The van der Waals surface area contributed by atoms with Gasteiger partial charge in [-0.25, -0.2) is 13.1 Å². The number of nitrogens with one attached hydrogen (secondary N) is 2. The van der Waals surface area contributed by atoms with Crippen LogP contribution in [0.3, 0.4) is 0 Å². The minimum absolute atomic E-state index is 0.111. The number of thiophene rings is 1. The highest BCUT2D eigenvalue weighted by Crippen LogP contribution is 2.27. The van der Waals surface area contributed by atoms with Gasteiger partial charge in [-0.15, -0.1) is 11.3 Å². The fourth-order valence-corrected chi connectivity index (χ4v) is 5.32. The van der Waals surface area contributed by atoms with Crippen LogP contribution in [0.4, 0.5) is 0 Å². The number of aryl methyl sites for hydroxylation is 1. The minimum atomic E-state index is -3.46. The van der Waals surface area contributed by atoms with E-state index in [4.69, 9.17) is 4.74 Å². The van der Waals surface area contributed by atoms with E-state index in [1.54, 1.807) is 0 Å². The molecule has 19 heavy (non-hydrogen) atoms. The van der Waals surface area contributed by atoms with E-state index in [1.165, 1.54) is 11.3 Å². The van der Waals surface area contributed by atoms with Crippen LogP contribution in [-0.4, -0.2) is 34.7 Å². The number of ether oxygens (including phenoxy) is 1. The van der Waals surface area contributed by atoms with Gasteiger partial charge in [0.2, 0.25) is 10.0 Å². The van der Waals surface area contributed by atoms with E-state index < -0.39 is 10.0 Å². The Bertz CT molecular complexity index is 519. The van der Waals surface area contributed by atoms with Crippen LogP contribution < -0.4 is 10.0 Å². The maximum Gasteiger partial charge on any atom is 0.242 e. The molecule has 0 amide bonds. The molecular formula is C12H20N2O3S2. The van der Waals surface area contributed by atoms with Gasteiger partial charge in [-0.3, -0.25) is 0 Å². The third kappa shape index (κ3) is 3.55. The normalized spacial score (nSPS) is 20.6. The molecule has 1 unspecified atom stereocenters. The van der Waals surface area contributed by atoms with Crippen molar-refractivity contribution in [2.24, 2.45) is 0 Å². The van der Waals surface area contributed by atoms with Crippen LogP contribution in [-0.2, 0) is 21.3 Å². The monoisotopic (exact) mass is 304 g/mol. The third-order valence-corrected chi connectivity index (χ3v) is 6.06. The highest BCUT2D eigenvalue weighted by molar-refractivity contribution is 7.89. The number of hydrogen-bond acceptors (Lipinski definition) is 5. The molecule has 1 aliphatic heterocycles. The molecular weight excluding hydrogens is 284 g/mol. The molecule has 1 saturated heterocycles. The summed E-state index contributed by atoms with van der Waals surface area (Å²) in [5, 5.41) is 4.89. The van der Waals surface area contributed by atoms with Crippen LogP contribution in [0.15, 0.2) is 10.3 Å². The van der Waals surface area contributed by atoms with Crippen LogP contribution >= 0.6 is 11.3 Å². The molecule has 1 fully saturated rings. The molecule has 108 valence electrons. The average Bonchev–Trinajstić information content (AvgIpc) is 2.72. The summed E-state index contributed by atoms with van der Waals surface area (Å²) >= 11 is 1.48. The van der Waals surface area contributed by atoms with Gasteiger partial charge < -0.3 is 10.1 Å². The van der Waals surface area contributed by atoms with Gasteiger partial charge in [0.15, 0.2) is 0 Å². The van der Waals surface area contributed by atoms with E-state index in [1.807, 2.05) is 19.4 Å². The molecule has 1 aromatic rings. The van der Waals surface area contributed by atoms with Gasteiger partial charge in [0.05, 0.1) is 6.61 Å². The lowest BCUT2D eigenvalue weighted by atomic mass is 10.1. The van der Waals surface area contributed by atoms with Crippen molar-refractivity contribution in [1.82, 2.24) is 10.0 Å². The lowest BCUT2D eigenvalue weighted by Gasteiger charge is -2.23. The van der Waals surface area contributed by atoms with E-state index >= 15 is 0 Å². The molecule has 5 nitrogen and oxygen atoms in total. The molecule has 0 aromatic carbocycles. The maximum absolute atomic E-state index is 12.5. The zero-order valence-corrected chi connectivity index (χ0v) is 12.9. The van der Waals surface area contributed by atoms with Crippen LogP contribution in [0.5, 0.6) is 0 Å². The van der Waals surface area contributed by atoms with Gasteiger partial charge in [0.25, 0.3) is 0 Å². The lowest BCUT2D eigenvalue weighted by molar-refractivity contribution is 0.0774. The van der Waals surface area contributed by atoms with Crippen LogP contribution in [0.1, 0.15) is 23.3 Å². The van der Waals surface area contributed by atoms with Crippen LogP contribution in [0, 0.1) is 6.92 Å². The van der Waals surface area contributed by atoms with E-state index in [0.29, 0.717) is 18.0 Å². The summed E-state index contributed by atoms with van der Waals surface area (Å²) < 4.78 is 33.1. The van der Waals surface area contributed by atoms with Crippen molar-refractivity contribution in [3.63, 3.8) is 0 Å². The molecule has 0 bridgehead atoms. The molecule has 1 aromatic heterocycles. The van der Waals surface area contributed by atoms with Crippen molar-refractivity contribution < 1.29 is 13.2 Å². The van der Waals surface area contributed by atoms with Crippen LogP contribution in [0.25, 0.3) is 0 Å². The quantitative estimate of drug-likeness (QED) is 0.859. The van der Waals surface area contributed by atoms with E-state index in [-0.39, 0.29) is 6.04 Å². The van der Waals surface area contributed by atoms with Crippen molar-refractivity contribution in [3.8, 4) is 0 Å². The highest BCUT2D eigenvalue weighted by Gasteiger charge is 2.26. The number of rotatable bonds is 5. The van der Waals surface area contributed by atoms with Crippen LogP contribution in [0.2, 0.25) is 0 Å². The van der Waals surface area contributed by atoms with Gasteiger partial charge >= 0.3 is 0 Å². The first-order chi connectivity index (χ1) is 9.04. The zero-order chi connectivity index (χ0) is 13.9. The Morgan fingerprint density at radius 2 is 2.32 bits per heavy atom. The molecule has 2 N–H and O–H groups in total. The lowest BCUT2D eigenvalue weighted by Crippen LogP contribution is -2.40. The second-order valence-electron chi connectivity index (χ2n) is 4.74. The smallest absolute Gasteiger partial charge is 0.242 e. The van der Waals surface area contributed by atoms with Crippen molar-refractivity contribution >= 4 is 21.4 Å². The first kappa shape index (κ1) is 14.9. The standard InChI is InChI=1S/C12H20N2O3S2/c1-9-8-18-11(6-13-2)12(9)19(15,16)14-10-4-3-5-17-7-10/h8,10,13-14H,3-7H2,1-2H3.